The Bertz CT molecular complexity index is 706. The minimum Gasteiger partial charge on any atom is -0.350 e. The topological polar surface area (TPSA) is 58.2 Å². The molecule has 4 heteroatoms. The van der Waals surface area contributed by atoms with E-state index < -0.39 is 0 Å². The highest BCUT2D eigenvalue weighted by Gasteiger charge is 2.12. The van der Waals surface area contributed by atoms with Crippen molar-refractivity contribution in [3.8, 4) is 0 Å². The molecule has 23 heavy (non-hydrogen) atoms. The largest absolute Gasteiger partial charge is 0.350 e. The van der Waals surface area contributed by atoms with Gasteiger partial charge in [0.2, 0.25) is 5.91 Å². The van der Waals surface area contributed by atoms with Gasteiger partial charge in [-0.1, -0.05) is 42.5 Å². The Labute approximate surface area is 136 Å². The van der Waals surface area contributed by atoms with Crippen molar-refractivity contribution in [1.29, 1.82) is 0 Å². The number of benzene rings is 2. The van der Waals surface area contributed by atoms with E-state index in [1.165, 1.54) is 6.08 Å². The first-order valence-electron chi connectivity index (χ1n) is 7.50. The van der Waals surface area contributed by atoms with Gasteiger partial charge in [-0.2, -0.15) is 0 Å². The Hall–Kier alpha value is -2.88. The molecule has 0 unspecified atom stereocenters. The smallest absolute Gasteiger partial charge is 0.253 e. The van der Waals surface area contributed by atoms with Crippen LogP contribution in [-0.4, -0.2) is 17.9 Å². The first-order chi connectivity index (χ1) is 11.1. The van der Waals surface area contributed by atoms with Crippen LogP contribution in [0.3, 0.4) is 0 Å². The molecule has 0 aliphatic heterocycles. The van der Waals surface area contributed by atoms with Gasteiger partial charge in [0.05, 0.1) is 11.3 Å². The molecule has 0 saturated carbocycles. The second-order valence-electron chi connectivity index (χ2n) is 5.41. The molecular formula is C19H20N2O2. The van der Waals surface area contributed by atoms with Gasteiger partial charge in [0, 0.05) is 12.1 Å². The quantitative estimate of drug-likeness (QED) is 0.831. The number of anilines is 1. The first-order valence-corrected chi connectivity index (χ1v) is 7.50. The molecule has 2 amide bonds. The monoisotopic (exact) mass is 308 g/mol. The summed E-state index contributed by atoms with van der Waals surface area (Å²) in [6, 6.07) is 16.5. The van der Waals surface area contributed by atoms with E-state index in [2.05, 4.69) is 10.6 Å². The minimum atomic E-state index is -0.279. The normalized spacial score (nSPS) is 10.7. The lowest BCUT2D eigenvalue weighted by atomic mass is 10.1. The number of hydrogen-bond donors (Lipinski definition) is 2. The van der Waals surface area contributed by atoms with Gasteiger partial charge in [-0.25, -0.2) is 0 Å². The fraction of sp³-hybridized carbons (Fsp3) is 0.158. The fourth-order valence-electron chi connectivity index (χ4n) is 2.04. The number of hydrogen-bond acceptors (Lipinski definition) is 2. The Morgan fingerprint density at radius 1 is 0.957 bits per heavy atom. The Morgan fingerprint density at radius 3 is 2.30 bits per heavy atom. The van der Waals surface area contributed by atoms with E-state index in [1.54, 1.807) is 30.3 Å². The average Bonchev–Trinajstić information content (AvgIpc) is 2.54. The van der Waals surface area contributed by atoms with Crippen LogP contribution in [-0.2, 0) is 4.79 Å². The van der Waals surface area contributed by atoms with Gasteiger partial charge in [0.1, 0.15) is 0 Å². The summed E-state index contributed by atoms with van der Waals surface area (Å²) in [5.41, 5.74) is 1.88. The highest BCUT2D eigenvalue weighted by molar-refractivity contribution is 6.07. The van der Waals surface area contributed by atoms with Crippen LogP contribution in [0.25, 0.3) is 6.08 Å². The lowest BCUT2D eigenvalue weighted by Gasteiger charge is -2.12. The van der Waals surface area contributed by atoms with Crippen molar-refractivity contribution >= 4 is 23.6 Å². The van der Waals surface area contributed by atoms with Gasteiger partial charge in [0.15, 0.2) is 0 Å². The summed E-state index contributed by atoms with van der Waals surface area (Å²) in [5, 5.41) is 5.57. The van der Waals surface area contributed by atoms with E-state index in [0.717, 1.165) is 5.56 Å². The number of amides is 2. The van der Waals surface area contributed by atoms with Crippen molar-refractivity contribution in [1.82, 2.24) is 5.32 Å². The van der Waals surface area contributed by atoms with Crippen molar-refractivity contribution in [2.24, 2.45) is 0 Å². The molecular weight excluding hydrogens is 288 g/mol. The van der Waals surface area contributed by atoms with E-state index in [0.29, 0.717) is 11.3 Å². The molecule has 0 atom stereocenters. The summed E-state index contributed by atoms with van der Waals surface area (Å²) in [6.45, 7) is 3.78. The molecule has 2 N–H and O–H groups in total. The maximum Gasteiger partial charge on any atom is 0.253 e. The Balaban J connectivity index is 2.09. The third-order valence-electron chi connectivity index (χ3n) is 3.08. The maximum absolute atomic E-state index is 12.2. The zero-order chi connectivity index (χ0) is 16.7. The minimum absolute atomic E-state index is 0.0317. The van der Waals surface area contributed by atoms with Crippen molar-refractivity contribution in [2.45, 2.75) is 19.9 Å². The van der Waals surface area contributed by atoms with Gasteiger partial charge < -0.3 is 10.6 Å². The maximum atomic E-state index is 12.2. The third-order valence-corrected chi connectivity index (χ3v) is 3.08. The van der Waals surface area contributed by atoms with Gasteiger partial charge in [-0.3, -0.25) is 9.59 Å². The molecule has 2 rings (SSSR count). The van der Waals surface area contributed by atoms with Gasteiger partial charge in [-0.15, -0.1) is 0 Å². The van der Waals surface area contributed by atoms with Crippen LogP contribution in [0.4, 0.5) is 5.69 Å². The van der Waals surface area contributed by atoms with Crippen LogP contribution in [0.2, 0.25) is 0 Å². The highest BCUT2D eigenvalue weighted by atomic mass is 16.2. The SMILES string of the molecule is CC(C)NC(=O)c1ccccc1NC(=O)C=Cc1ccccc1. The molecule has 0 radical (unpaired) electrons. The first kappa shape index (κ1) is 16.5. The molecule has 118 valence electrons. The summed E-state index contributed by atoms with van der Waals surface area (Å²) in [6.07, 6.45) is 3.18. The standard InChI is InChI=1S/C19H20N2O2/c1-14(2)20-19(23)16-10-6-7-11-17(16)21-18(22)13-12-15-8-4-3-5-9-15/h3-14H,1-2H3,(H,20,23)(H,21,22). The zero-order valence-electron chi connectivity index (χ0n) is 13.2. The summed E-state index contributed by atoms with van der Waals surface area (Å²) in [5.74, 6) is -0.485. The Morgan fingerprint density at radius 2 is 1.61 bits per heavy atom. The molecule has 0 fully saturated rings. The number of para-hydroxylation sites is 1. The van der Waals surface area contributed by atoms with E-state index >= 15 is 0 Å². The number of carbonyl (C=O) groups is 2. The van der Waals surface area contributed by atoms with Crippen LogP contribution in [0.5, 0.6) is 0 Å². The summed E-state index contributed by atoms with van der Waals surface area (Å²) >= 11 is 0. The van der Waals surface area contributed by atoms with Crippen LogP contribution in [0.1, 0.15) is 29.8 Å². The third kappa shape index (κ3) is 5.11. The van der Waals surface area contributed by atoms with E-state index in [9.17, 15) is 9.59 Å². The van der Waals surface area contributed by atoms with Gasteiger partial charge >= 0.3 is 0 Å². The summed E-state index contributed by atoms with van der Waals surface area (Å²) in [7, 11) is 0. The van der Waals surface area contributed by atoms with Crippen LogP contribution >= 0.6 is 0 Å². The molecule has 0 aromatic heterocycles. The molecule has 0 spiro atoms. The van der Waals surface area contributed by atoms with Crippen LogP contribution in [0.15, 0.2) is 60.7 Å². The fourth-order valence-corrected chi connectivity index (χ4v) is 2.04. The average molecular weight is 308 g/mol. The van der Waals surface area contributed by atoms with Crippen molar-refractivity contribution in [2.75, 3.05) is 5.32 Å². The second kappa shape index (κ2) is 7.94. The molecule has 0 heterocycles. The predicted molar refractivity (Wildman–Crippen MR) is 93.1 cm³/mol. The van der Waals surface area contributed by atoms with Crippen molar-refractivity contribution in [3.63, 3.8) is 0 Å². The molecule has 0 bridgehead atoms. The molecule has 0 aliphatic carbocycles. The van der Waals surface area contributed by atoms with Crippen LogP contribution in [0, 0.1) is 0 Å². The molecule has 4 nitrogen and oxygen atoms in total. The lowest BCUT2D eigenvalue weighted by Crippen LogP contribution is -2.30. The lowest BCUT2D eigenvalue weighted by molar-refractivity contribution is -0.111. The van der Waals surface area contributed by atoms with Crippen LogP contribution < -0.4 is 10.6 Å². The summed E-state index contributed by atoms with van der Waals surface area (Å²) in [4.78, 5) is 24.2. The predicted octanol–water partition coefficient (Wildman–Crippen LogP) is 3.48. The molecule has 0 aliphatic rings. The number of rotatable bonds is 5. The van der Waals surface area contributed by atoms with Gasteiger partial charge in [0.25, 0.3) is 5.91 Å². The Kier molecular flexibility index (Phi) is 5.69. The second-order valence-corrected chi connectivity index (χ2v) is 5.41. The summed E-state index contributed by atoms with van der Waals surface area (Å²) < 4.78 is 0. The van der Waals surface area contributed by atoms with E-state index in [4.69, 9.17) is 0 Å². The molecule has 0 saturated heterocycles. The van der Waals surface area contributed by atoms with Gasteiger partial charge in [-0.05, 0) is 37.6 Å². The molecule has 2 aromatic rings. The zero-order valence-corrected chi connectivity index (χ0v) is 13.2. The number of nitrogens with one attached hydrogen (secondary N) is 2. The highest BCUT2D eigenvalue weighted by Crippen LogP contribution is 2.15. The number of carbonyl (C=O) groups excluding carboxylic acids is 2. The van der Waals surface area contributed by atoms with Crippen molar-refractivity contribution in [3.05, 3.63) is 71.8 Å². The van der Waals surface area contributed by atoms with E-state index in [1.807, 2.05) is 44.2 Å². The van der Waals surface area contributed by atoms with E-state index in [-0.39, 0.29) is 17.9 Å². The molecule has 2 aromatic carbocycles. The van der Waals surface area contributed by atoms with Crippen molar-refractivity contribution < 1.29 is 9.59 Å².